The van der Waals surface area contributed by atoms with Crippen molar-refractivity contribution in [3.63, 3.8) is 0 Å². The summed E-state index contributed by atoms with van der Waals surface area (Å²) in [5, 5.41) is 4.44. The molecule has 0 aliphatic heterocycles. The Morgan fingerprint density at radius 1 is 0.333 bits per heavy atom. The highest BCUT2D eigenvalue weighted by atomic mass is 32.1. The Balaban J connectivity index is 1.01. The van der Waals surface area contributed by atoms with Crippen molar-refractivity contribution in [2.24, 2.45) is 0 Å². The van der Waals surface area contributed by atoms with Crippen molar-refractivity contribution in [2.75, 3.05) is 0 Å². The van der Waals surface area contributed by atoms with Gasteiger partial charge in [0.1, 0.15) is 11.2 Å². The minimum absolute atomic E-state index is 0.546. The highest BCUT2D eigenvalue weighted by molar-refractivity contribution is 7.26. The molecule has 3 heterocycles. The summed E-state index contributed by atoms with van der Waals surface area (Å²) in [6, 6.07) is 84.5. The lowest BCUT2D eigenvalue weighted by atomic mass is 9.66. The van der Waals surface area contributed by atoms with E-state index in [0.717, 1.165) is 60.0 Å². The second-order valence-electron chi connectivity index (χ2n) is 17.8. The highest BCUT2D eigenvalue weighted by Crippen LogP contribution is 2.57. The summed E-state index contributed by atoms with van der Waals surface area (Å²) in [5.74, 6) is 1.75. The van der Waals surface area contributed by atoms with E-state index in [2.05, 4.69) is 237 Å². The minimum atomic E-state index is -0.666. The van der Waals surface area contributed by atoms with Gasteiger partial charge in [-0.1, -0.05) is 200 Å². The van der Waals surface area contributed by atoms with Gasteiger partial charge in [-0.25, -0.2) is 15.0 Å². The zero-order chi connectivity index (χ0) is 45.5. The predicted octanol–water partition coefficient (Wildman–Crippen LogP) is 16.8. The van der Waals surface area contributed by atoms with E-state index in [-0.39, 0.29) is 0 Å². The van der Waals surface area contributed by atoms with Gasteiger partial charge in [0.05, 0.1) is 11.0 Å². The molecule has 0 N–H and O–H groups in total. The molecular formula is C64H39N3OS. The number of rotatable bonds is 7. The van der Waals surface area contributed by atoms with Crippen molar-refractivity contribution in [2.45, 2.75) is 5.41 Å². The quantitative estimate of drug-likeness (QED) is 0.160. The van der Waals surface area contributed by atoms with Crippen molar-refractivity contribution in [3.8, 4) is 67.5 Å². The van der Waals surface area contributed by atoms with Gasteiger partial charge >= 0.3 is 0 Å². The molecular weight excluding hydrogens is 859 g/mol. The third-order valence-electron chi connectivity index (χ3n) is 14.1. The summed E-state index contributed by atoms with van der Waals surface area (Å²) in [6.45, 7) is 0. The van der Waals surface area contributed by atoms with Crippen molar-refractivity contribution in [3.05, 3.63) is 259 Å². The molecule has 1 aliphatic rings. The van der Waals surface area contributed by atoms with Crippen LogP contribution in [0, 0.1) is 0 Å². The van der Waals surface area contributed by atoms with Gasteiger partial charge in [0.15, 0.2) is 17.5 Å². The maximum atomic E-state index is 6.88. The Morgan fingerprint density at radius 3 is 1.57 bits per heavy atom. The van der Waals surface area contributed by atoms with Gasteiger partial charge in [-0.15, -0.1) is 11.3 Å². The summed E-state index contributed by atoms with van der Waals surface area (Å²) in [5.41, 5.74) is 15.4. The number of fused-ring (bicyclic) bond motifs is 9. The first kappa shape index (κ1) is 39.4. The van der Waals surface area contributed by atoms with E-state index in [1.807, 2.05) is 0 Å². The molecule has 0 bridgehead atoms. The first-order valence-electron chi connectivity index (χ1n) is 23.3. The first-order valence-corrected chi connectivity index (χ1v) is 24.2. The van der Waals surface area contributed by atoms with Crippen LogP contribution in [-0.4, -0.2) is 15.0 Å². The second-order valence-corrected chi connectivity index (χ2v) is 18.8. The Labute approximate surface area is 402 Å². The number of aromatic nitrogens is 3. The van der Waals surface area contributed by atoms with Crippen molar-refractivity contribution in [1.82, 2.24) is 15.0 Å². The molecule has 0 amide bonds. The fourth-order valence-corrected chi connectivity index (χ4v) is 12.2. The molecule has 0 spiro atoms. The predicted molar refractivity (Wildman–Crippen MR) is 284 cm³/mol. The summed E-state index contributed by atoms with van der Waals surface area (Å²) in [4.78, 5) is 16.5. The fourth-order valence-electron chi connectivity index (χ4n) is 11.0. The van der Waals surface area contributed by atoms with Gasteiger partial charge in [-0.2, -0.15) is 0 Å². The average molecular weight is 898 g/mol. The lowest BCUT2D eigenvalue weighted by molar-refractivity contribution is 0.669. The second kappa shape index (κ2) is 15.7. The summed E-state index contributed by atoms with van der Waals surface area (Å²) in [6.07, 6.45) is 0. The summed E-state index contributed by atoms with van der Waals surface area (Å²) in [7, 11) is 0. The molecule has 13 aromatic rings. The van der Waals surface area contributed by atoms with Crippen LogP contribution >= 0.6 is 11.3 Å². The first-order chi connectivity index (χ1) is 34.2. The molecule has 69 heavy (non-hydrogen) atoms. The van der Waals surface area contributed by atoms with Crippen LogP contribution in [0.5, 0.6) is 0 Å². The third-order valence-corrected chi connectivity index (χ3v) is 15.3. The van der Waals surface area contributed by atoms with E-state index < -0.39 is 5.41 Å². The molecule has 14 rings (SSSR count). The zero-order valence-electron chi connectivity index (χ0n) is 37.2. The van der Waals surface area contributed by atoms with E-state index in [4.69, 9.17) is 19.4 Å². The molecule has 0 saturated carbocycles. The standard InChI is InChI=1S/C64H39N3OS/c1-3-18-40(19-4-1)41-20-15-21-42(38-41)43-36-37-57-53(39-43)48-28-16-30-51(59(48)68-57)62-65-61(66-63(67-62)52-31-17-29-49-47-26-10-14-35-58(47)69-60(49)52)50-27-9-13-34-56(50)64(44-22-5-2-6-23-44)54-32-11-7-24-45(54)46-25-8-12-33-55(46)64/h1-39H. The lowest BCUT2D eigenvalue weighted by Gasteiger charge is -2.35. The monoisotopic (exact) mass is 897 g/mol. The molecule has 5 heteroatoms. The lowest BCUT2D eigenvalue weighted by Crippen LogP contribution is -2.29. The number of thiophene rings is 1. The molecule has 0 unspecified atom stereocenters. The van der Waals surface area contributed by atoms with Crippen molar-refractivity contribution >= 4 is 53.4 Å². The third kappa shape index (κ3) is 6.11. The molecule has 3 aromatic heterocycles. The molecule has 1 aliphatic carbocycles. The van der Waals surface area contributed by atoms with Gasteiger partial charge < -0.3 is 4.42 Å². The van der Waals surface area contributed by atoms with Crippen LogP contribution in [0.3, 0.4) is 0 Å². The molecule has 0 saturated heterocycles. The summed E-state index contributed by atoms with van der Waals surface area (Å²) < 4.78 is 9.24. The Bertz CT molecular complexity index is 4110. The van der Waals surface area contributed by atoms with Gasteiger partial charge in [-0.3, -0.25) is 0 Å². The van der Waals surface area contributed by atoms with Gasteiger partial charge in [0.2, 0.25) is 0 Å². The van der Waals surface area contributed by atoms with Crippen LogP contribution in [-0.2, 0) is 5.41 Å². The molecule has 0 radical (unpaired) electrons. The van der Waals surface area contributed by atoms with Crippen molar-refractivity contribution < 1.29 is 4.42 Å². The minimum Gasteiger partial charge on any atom is -0.455 e. The largest absolute Gasteiger partial charge is 0.455 e. The van der Waals surface area contributed by atoms with Crippen LogP contribution in [0.15, 0.2) is 241 Å². The van der Waals surface area contributed by atoms with Crippen LogP contribution in [0.1, 0.15) is 22.3 Å². The Hall–Kier alpha value is -8.77. The maximum absolute atomic E-state index is 6.88. The smallest absolute Gasteiger partial charge is 0.167 e. The van der Waals surface area contributed by atoms with Gasteiger partial charge in [0, 0.05) is 42.1 Å². The topological polar surface area (TPSA) is 51.8 Å². The highest BCUT2D eigenvalue weighted by Gasteiger charge is 2.47. The number of hydrogen-bond donors (Lipinski definition) is 0. The molecule has 322 valence electrons. The SMILES string of the molecule is c1ccc(-c2cccc(-c3ccc4oc5c(-c6nc(-c7ccccc7C7(c8ccccc8)c8ccccc8-c8ccccc87)nc(-c7cccc8c7sc7ccccc78)n6)cccc5c4c3)c2)cc1. The van der Waals surface area contributed by atoms with E-state index in [0.29, 0.717) is 17.5 Å². The van der Waals surface area contributed by atoms with Crippen molar-refractivity contribution in [1.29, 1.82) is 0 Å². The fraction of sp³-hybridized carbons (Fsp3) is 0.0156. The van der Waals surface area contributed by atoms with Crippen LogP contribution in [0.25, 0.3) is 110 Å². The molecule has 0 atom stereocenters. The van der Waals surface area contributed by atoms with E-state index in [1.165, 1.54) is 54.4 Å². The number of hydrogen-bond acceptors (Lipinski definition) is 5. The van der Waals surface area contributed by atoms with Crippen LogP contribution in [0.4, 0.5) is 0 Å². The average Bonchev–Trinajstić information content (AvgIpc) is 4.10. The van der Waals surface area contributed by atoms with E-state index in [1.54, 1.807) is 11.3 Å². The number of para-hydroxylation sites is 1. The van der Waals surface area contributed by atoms with Crippen LogP contribution in [0.2, 0.25) is 0 Å². The number of furan rings is 1. The zero-order valence-corrected chi connectivity index (χ0v) is 38.0. The normalized spacial score (nSPS) is 12.8. The van der Waals surface area contributed by atoms with E-state index in [9.17, 15) is 0 Å². The van der Waals surface area contributed by atoms with Gasteiger partial charge in [-0.05, 0) is 92.0 Å². The molecule has 4 nitrogen and oxygen atoms in total. The number of nitrogens with zero attached hydrogens (tertiary/aromatic N) is 3. The van der Waals surface area contributed by atoms with Crippen LogP contribution < -0.4 is 0 Å². The van der Waals surface area contributed by atoms with Gasteiger partial charge in [0.25, 0.3) is 0 Å². The molecule has 10 aromatic carbocycles. The Kier molecular flexibility index (Phi) is 8.95. The molecule has 0 fully saturated rings. The number of benzene rings is 10. The van der Waals surface area contributed by atoms with E-state index >= 15 is 0 Å². The summed E-state index contributed by atoms with van der Waals surface area (Å²) >= 11 is 1.78. The maximum Gasteiger partial charge on any atom is 0.167 e. The Morgan fingerprint density at radius 2 is 0.826 bits per heavy atom.